The summed E-state index contributed by atoms with van der Waals surface area (Å²) < 4.78 is 5.46. The normalized spacial score (nSPS) is 10.6. The Labute approximate surface area is 105 Å². The van der Waals surface area contributed by atoms with E-state index >= 15 is 0 Å². The molecule has 0 N–H and O–H groups in total. The summed E-state index contributed by atoms with van der Waals surface area (Å²) in [6.45, 7) is 5.57. The predicted molar refractivity (Wildman–Crippen MR) is 67.8 cm³/mol. The van der Waals surface area contributed by atoms with E-state index in [2.05, 4.69) is 0 Å². The van der Waals surface area contributed by atoms with E-state index in [1.165, 1.54) is 0 Å². The third-order valence-electron chi connectivity index (χ3n) is 2.89. The maximum atomic E-state index is 12.3. The molecule has 0 bridgehead atoms. The van der Waals surface area contributed by atoms with E-state index in [1.807, 2.05) is 20.8 Å². The minimum absolute atomic E-state index is 0.0199. The Bertz CT molecular complexity index is 565. The molecule has 1 heterocycles. The average molecular weight is 249 g/mol. The molecule has 0 atom stereocenters. The zero-order chi connectivity index (χ0) is 12.6. The Kier molecular flexibility index (Phi) is 3.07. The Morgan fingerprint density at radius 3 is 2.12 bits per heavy atom. The van der Waals surface area contributed by atoms with E-state index < -0.39 is 0 Å². The van der Waals surface area contributed by atoms with Gasteiger partial charge in [-0.15, -0.1) is 0 Å². The summed E-state index contributed by atoms with van der Waals surface area (Å²) in [5.41, 5.74) is 2.19. The molecule has 88 valence electrons. The van der Waals surface area contributed by atoms with Crippen LogP contribution in [0.5, 0.6) is 0 Å². The van der Waals surface area contributed by atoms with Crippen molar-refractivity contribution in [3.8, 4) is 0 Å². The predicted octanol–water partition coefficient (Wildman–Crippen LogP) is 4.09. The largest absolute Gasteiger partial charge is 0.466 e. The SMILES string of the molecule is Cc1oc(C)c(C(=O)c2ccc(Cl)cc2)c1C. The van der Waals surface area contributed by atoms with Crippen LogP contribution in [-0.4, -0.2) is 5.78 Å². The molecular formula is C14H13ClO2. The first-order valence-corrected chi connectivity index (χ1v) is 5.75. The molecule has 2 aromatic rings. The van der Waals surface area contributed by atoms with E-state index in [1.54, 1.807) is 24.3 Å². The highest BCUT2D eigenvalue weighted by Gasteiger charge is 2.19. The molecule has 2 nitrogen and oxygen atoms in total. The van der Waals surface area contributed by atoms with Crippen molar-refractivity contribution >= 4 is 17.4 Å². The molecule has 0 aliphatic heterocycles. The first-order valence-electron chi connectivity index (χ1n) is 5.37. The molecule has 0 aliphatic carbocycles. The van der Waals surface area contributed by atoms with Crippen LogP contribution in [-0.2, 0) is 0 Å². The molecule has 0 radical (unpaired) electrons. The van der Waals surface area contributed by atoms with Crippen LogP contribution in [0.2, 0.25) is 5.02 Å². The lowest BCUT2D eigenvalue weighted by Crippen LogP contribution is -2.03. The smallest absolute Gasteiger partial charge is 0.196 e. The molecule has 0 unspecified atom stereocenters. The number of carbonyl (C=O) groups is 1. The monoisotopic (exact) mass is 248 g/mol. The van der Waals surface area contributed by atoms with E-state index in [0.717, 1.165) is 11.3 Å². The zero-order valence-electron chi connectivity index (χ0n) is 10.0. The molecule has 0 spiro atoms. The summed E-state index contributed by atoms with van der Waals surface area (Å²) >= 11 is 5.80. The van der Waals surface area contributed by atoms with Gasteiger partial charge in [0, 0.05) is 16.1 Å². The fraction of sp³-hybridized carbons (Fsp3) is 0.214. The molecule has 1 aromatic heterocycles. The van der Waals surface area contributed by atoms with Crippen molar-refractivity contribution in [2.24, 2.45) is 0 Å². The van der Waals surface area contributed by atoms with Gasteiger partial charge in [-0.3, -0.25) is 4.79 Å². The maximum absolute atomic E-state index is 12.3. The zero-order valence-corrected chi connectivity index (χ0v) is 10.8. The van der Waals surface area contributed by atoms with Crippen molar-refractivity contribution in [3.63, 3.8) is 0 Å². The second-order valence-electron chi connectivity index (χ2n) is 4.05. The highest BCUT2D eigenvalue weighted by atomic mass is 35.5. The van der Waals surface area contributed by atoms with Crippen LogP contribution in [0.3, 0.4) is 0 Å². The van der Waals surface area contributed by atoms with Crippen LogP contribution in [0.25, 0.3) is 0 Å². The fourth-order valence-electron chi connectivity index (χ4n) is 1.87. The molecule has 17 heavy (non-hydrogen) atoms. The summed E-state index contributed by atoms with van der Waals surface area (Å²) in [7, 11) is 0. The van der Waals surface area contributed by atoms with E-state index in [-0.39, 0.29) is 5.78 Å². The lowest BCUT2D eigenvalue weighted by atomic mass is 10.00. The summed E-state index contributed by atoms with van der Waals surface area (Å²) in [4.78, 5) is 12.3. The molecular weight excluding hydrogens is 236 g/mol. The van der Waals surface area contributed by atoms with E-state index in [9.17, 15) is 4.79 Å². The lowest BCUT2D eigenvalue weighted by molar-refractivity contribution is 0.103. The highest BCUT2D eigenvalue weighted by Crippen LogP contribution is 2.24. The Morgan fingerprint density at radius 1 is 1.06 bits per heavy atom. The molecule has 0 amide bonds. The molecule has 2 rings (SSSR count). The van der Waals surface area contributed by atoms with Crippen LogP contribution in [0.1, 0.15) is 33.0 Å². The third-order valence-corrected chi connectivity index (χ3v) is 3.15. The van der Waals surface area contributed by atoms with Crippen LogP contribution in [0.15, 0.2) is 28.7 Å². The standard InChI is InChI=1S/C14H13ClO2/c1-8-9(2)17-10(3)13(8)14(16)11-4-6-12(15)7-5-11/h4-7H,1-3H3. The number of benzene rings is 1. The van der Waals surface area contributed by atoms with Gasteiger partial charge < -0.3 is 4.42 Å². The minimum Gasteiger partial charge on any atom is -0.466 e. The van der Waals surface area contributed by atoms with E-state index in [4.69, 9.17) is 16.0 Å². The van der Waals surface area contributed by atoms with Crippen molar-refractivity contribution in [1.29, 1.82) is 0 Å². The summed E-state index contributed by atoms with van der Waals surface area (Å²) in [5.74, 6) is 1.44. The summed E-state index contributed by atoms with van der Waals surface area (Å²) in [6, 6.07) is 6.89. The molecule has 0 saturated carbocycles. The van der Waals surface area contributed by atoms with Crippen molar-refractivity contribution < 1.29 is 9.21 Å². The van der Waals surface area contributed by atoms with Gasteiger partial charge in [0.25, 0.3) is 0 Å². The topological polar surface area (TPSA) is 30.2 Å². The minimum atomic E-state index is -0.0199. The first-order chi connectivity index (χ1) is 8.00. The Hall–Kier alpha value is -1.54. The van der Waals surface area contributed by atoms with Gasteiger partial charge in [-0.1, -0.05) is 11.6 Å². The van der Waals surface area contributed by atoms with Crippen molar-refractivity contribution in [2.75, 3.05) is 0 Å². The second-order valence-corrected chi connectivity index (χ2v) is 4.49. The molecule has 0 fully saturated rings. The van der Waals surface area contributed by atoms with Crippen molar-refractivity contribution in [1.82, 2.24) is 0 Å². The third kappa shape index (κ3) is 2.13. The second kappa shape index (κ2) is 4.38. The van der Waals surface area contributed by atoms with Crippen LogP contribution >= 0.6 is 11.6 Å². The van der Waals surface area contributed by atoms with Gasteiger partial charge in [-0.25, -0.2) is 0 Å². The highest BCUT2D eigenvalue weighted by molar-refractivity contribution is 6.30. The Balaban J connectivity index is 2.47. The molecule has 0 aliphatic rings. The number of furan rings is 1. The quantitative estimate of drug-likeness (QED) is 0.750. The molecule has 0 saturated heterocycles. The van der Waals surface area contributed by atoms with Crippen molar-refractivity contribution in [2.45, 2.75) is 20.8 Å². The number of aryl methyl sites for hydroxylation is 2. The number of hydrogen-bond acceptors (Lipinski definition) is 2. The molecule has 1 aromatic carbocycles. The molecule has 3 heteroatoms. The first kappa shape index (κ1) is 11.9. The van der Waals surface area contributed by atoms with Gasteiger partial charge >= 0.3 is 0 Å². The van der Waals surface area contributed by atoms with Crippen LogP contribution < -0.4 is 0 Å². The fourth-order valence-corrected chi connectivity index (χ4v) is 2.00. The number of halogens is 1. The Morgan fingerprint density at radius 2 is 1.65 bits per heavy atom. The van der Waals surface area contributed by atoms with Gasteiger partial charge in [0.1, 0.15) is 11.5 Å². The van der Waals surface area contributed by atoms with Gasteiger partial charge in [0.05, 0.1) is 5.56 Å². The average Bonchev–Trinajstić information content (AvgIpc) is 2.53. The number of rotatable bonds is 2. The van der Waals surface area contributed by atoms with Crippen molar-refractivity contribution in [3.05, 3.63) is 57.5 Å². The van der Waals surface area contributed by atoms with Crippen LogP contribution in [0, 0.1) is 20.8 Å². The number of ketones is 1. The van der Waals surface area contributed by atoms with E-state index in [0.29, 0.717) is 21.9 Å². The van der Waals surface area contributed by atoms with Gasteiger partial charge in [0.15, 0.2) is 5.78 Å². The summed E-state index contributed by atoms with van der Waals surface area (Å²) in [6.07, 6.45) is 0. The van der Waals surface area contributed by atoms with Crippen LogP contribution in [0.4, 0.5) is 0 Å². The van der Waals surface area contributed by atoms with Gasteiger partial charge in [-0.2, -0.15) is 0 Å². The maximum Gasteiger partial charge on any atom is 0.196 e. The lowest BCUT2D eigenvalue weighted by Gasteiger charge is -2.01. The summed E-state index contributed by atoms with van der Waals surface area (Å²) in [5, 5.41) is 0.623. The van der Waals surface area contributed by atoms with Gasteiger partial charge in [0.2, 0.25) is 0 Å². The van der Waals surface area contributed by atoms with Gasteiger partial charge in [-0.05, 0) is 45.0 Å². The number of hydrogen-bond donors (Lipinski definition) is 0. The number of carbonyl (C=O) groups excluding carboxylic acids is 1.